The number of rotatable bonds is 5. The topological polar surface area (TPSA) is 66.4 Å². The van der Waals surface area contributed by atoms with Gasteiger partial charge in [0, 0.05) is 6.42 Å². The van der Waals surface area contributed by atoms with Gasteiger partial charge in [-0.1, -0.05) is 0 Å². The van der Waals surface area contributed by atoms with E-state index in [0.29, 0.717) is 0 Å². The van der Waals surface area contributed by atoms with Crippen molar-refractivity contribution in [2.24, 2.45) is 0 Å². The third-order valence-corrected chi connectivity index (χ3v) is 1.53. The van der Waals surface area contributed by atoms with Crippen LogP contribution in [0.25, 0.3) is 0 Å². The highest BCUT2D eigenvalue weighted by atomic mass is 19.4. The van der Waals surface area contributed by atoms with Crippen LogP contribution in [0.15, 0.2) is 0 Å². The summed E-state index contributed by atoms with van der Waals surface area (Å²) in [5, 5.41) is 9.49. The summed E-state index contributed by atoms with van der Waals surface area (Å²) < 4.78 is 58.6. The van der Waals surface area contributed by atoms with Crippen molar-refractivity contribution in [2.45, 2.75) is 31.5 Å². The molecule has 0 fully saturated rings. The predicted octanol–water partition coefficient (Wildman–Crippen LogP) is 1.16. The fraction of sp³-hybridized carbons (Fsp3) is 0.714. The van der Waals surface area contributed by atoms with E-state index in [1.54, 1.807) is 0 Å². The number of carboxylic acids is 1. The summed E-state index contributed by atoms with van der Waals surface area (Å²) >= 11 is 0. The van der Waals surface area contributed by atoms with Gasteiger partial charge in [0.15, 0.2) is 0 Å². The Morgan fingerprint density at radius 2 is 1.69 bits per heavy atom. The second-order valence-corrected chi connectivity index (χ2v) is 2.83. The summed E-state index contributed by atoms with van der Waals surface area (Å²) in [6.45, 7) is 0. The summed E-state index contributed by atoms with van der Waals surface area (Å²) in [7, 11) is 0. The Kier molecular flexibility index (Phi) is 5.12. The van der Waals surface area contributed by atoms with Crippen LogP contribution in [0, 0.1) is 0 Å². The van der Waals surface area contributed by atoms with Crippen LogP contribution < -0.4 is 5.32 Å². The molecule has 0 aliphatic heterocycles. The number of amides is 1. The summed E-state index contributed by atoms with van der Waals surface area (Å²) in [6.07, 6.45) is -9.76. The quantitative estimate of drug-likeness (QED) is 0.718. The summed E-state index contributed by atoms with van der Waals surface area (Å²) in [4.78, 5) is 20.7. The lowest BCUT2D eigenvalue weighted by atomic mass is 10.1. The van der Waals surface area contributed by atoms with Gasteiger partial charge < -0.3 is 10.4 Å². The molecule has 4 nitrogen and oxygen atoms in total. The van der Waals surface area contributed by atoms with Gasteiger partial charge in [0.25, 0.3) is 0 Å². The van der Waals surface area contributed by atoms with Crippen LogP contribution in [0.5, 0.6) is 0 Å². The predicted molar refractivity (Wildman–Crippen MR) is 40.9 cm³/mol. The van der Waals surface area contributed by atoms with E-state index >= 15 is 0 Å². The number of alkyl halides is 5. The van der Waals surface area contributed by atoms with E-state index in [9.17, 15) is 31.5 Å². The molecule has 0 radical (unpaired) electrons. The molecule has 0 aromatic carbocycles. The van der Waals surface area contributed by atoms with E-state index in [1.807, 2.05) is 0 Å². The monoisotopic (exact) mass is 249 g/mol. The van der Waals surface area contributed by atoms with Gasteiger partial charge in [0.05, 0.1) is 0 Å². The van der Waals surface area contributed by atoms with Crippen molar-refractivity contribution in [3.8, 4) is 0 Å². The van der Waals surface area contributed by atoms with Crippen molar-refractivity contribution >= 4 is 11.9 Å². The molecule has 0 aliphatic carbocycles. The zero-order valence-electron chi connectivity index (χ0n) is 7.72. The van der Waals surface area contributed by atoms with Crippen LogP contribution in [0.3, 0.4) is 0 Å². The molecule has 16 heavy (non-hydrogen) atoms. The van der Waals surface area contributed by atoms with E-state index in [0.717, 1.165) is 5.32 Å². The van der Waals surface area contributed by atoms with E-state index in [2.05, 4.69) is 0 Å². The van der Waals surface area contributed by atoms with E-state index in [-0.39, 0.29) is 0 Å². The van der Waals surface area contributed by atoms with Gasteiger partial charge in [-0.15, -0.1) is 0 Å². The number of nitrogens with one attached hydrogen (secondary N) is 1. The zero-order valence-corrected chi connectivity index (χ0v) is 7.72. The van der Waals surface area contributed by atoms with Crippen LogP contribution in [-0.2, 0) is 9.59 Å². The van der Waals surface area contributed by atoms with Gasteiger partial charge in [0.2, 0.25) is 6.43 Å². The van der Waals surface area contributed by atoms with E-state index < -0.39 is 43.4 Å². The number of halogens is 5. The Morgan fingerprint density at radius 3 is 2.00 bits per heavy atom. The summed E-state index contributed by atoms with van der Waals surface area (Å²) in [5.74, 6) is -4.26. The number of carboxylic acid groups (broad SMARTS) is 1. The molecule has 9 heteroatoms. The smallest absolute Gasteiger partial charge is 0.471 e. The molecule has 0 heterocycles. The molecule has 0 spiro atoms. The molecule has 0 bridgehead atoms. The molecular weight excluding hydrogens is 241 g/mol. The number of aliphatic carboxylic acids is 1. The molecule has 94 valence electrons. The van der Waals surface area contributed by atoms with Crippen molar-refractivity contribution in [2.75, 3.05) is 0 Å². The Hall–Kier alpha value is -1.41. The van der Waals surface area contributed by atoms with Crippen LogP contribution in [0.4, 0.5) is 22.0 Å². The maximum Gasteiger partial charge on any atom is 0.471 e. The average Bonchev–Trinajstić information content (AvgIpc) is 2.09. The Labute approximate surface area is 86.4 Å². The molecule has 0 rings (SSSR count). The van der Waals surface area contributed by atoms with Crippen molar-refractivity contribution in [1.29, 1.82) is 0 Å². The highest BCUT2D eigenvalue weighted by molar-refractivity contribution is 5.86. The van der Waals surface area contributed by atoms with Crippen LogP contribution in [0.1, 0.15) is 12.8 Å². The van der Waals surface area contributed by atoms with Crippen molar-refractivity contribution in [1.82, 2.24) is 5.32 Å². The highest BCUT2D eigenvalue weighted by Crippen LogP contribution is 2.15. The maximum absolute atomic E-state index is 11.7. The Bertz CT molecular complexity index is 265. The number of hydrogen-bond acceptors (Lipinski definition) is 2. The summed E-state index contributed by atoms with van der Waals surface area (Å²) in [5.41, 5.74) is 0. The average molecular weight is 249 g/mol. The second-order valence-electron chi connectivity index (χ2n) is 2.83. The molecule has 0 aromatic rings. The number of carbonyl (C=O) groups excluding carboxylic acids is 1. The summed E-state index contributed by atoms with van der Waals surface area (Å²) in [6, 6.07) is -1.97. The number of carbonyl (C=O) groups is 2. The normalized spacial score (nSPS) is 13.6. The molecule has 1 amide bonds. The fourth-order valence-corrected chi connectivity index (χ4v) is 0.790. The lowest BCUT2D eigenvalue weighted by molar-refractivity contribution is -0.175. The minimum atomic E-state index is -5.24. The molecule has 0 saturated heterocycles. The first kappa shape index (κ1) is 14.6. The van der Waals surface area contributed by atoms with Gasteiger partial charge in [-0.3, -0.25) is 4.79 Å². The van der Waals surface area contributed by atoms with Crippen molar-refractivity contribution in [3.05, 3.63) is 0 Å². The molecule has 0 saturated carbocycles. The van der Waals surface area contributed by atoms with Crippen LogP contribution >= 0.6 is 0 Å². The molecule has 0 aromatic heterocycles. The van der Waals surface area contributed by atoms with Gasteiger partial charge in [-0.05, 0) is 6.42 Å². The molecule has 0 aliphatic rings. The minimum Gasteiger partial charge on any atom is -0.480 e. The second kappa shape index (κ2) is 5.61. The molecular formula is C7H8F5NO3. The first-order chi connectivity index (χ1) is 7.14. The van der Waals surface area contributed by atoms with Gasteiger partial charge >= 0.3 is 18.1 Å². The third kappa shape index (κ3) is 5.47. The Balaban J connectivity index is 4.35. The largest absolute Gasteiger partial charge is 0.480 e. The zero-order chi connectivity index (χ0) is 12.9. The van der Waals surface area contributed by atoms with Crippen LogP contribution in [0.2, 0.25) is 0 Å². The van der Waals surface area contributed by atoms with Crippen molar-refractivity contribution < 1.29 is 36.6 Å². The Morgan fingerprint density at radius 1 is 1.19 bits per heavy atom. The number of hydrogen-bond donors (Lipinski definition) is 2. The highest BCUT2D eigenvalue weighted by Gasteiger charge is 2.40. The lowest BCUT2D eigenvalue weighted by Crippen LogP contribution is -2.46. The van der Waals surface area contributed by atoms with Gasteiger partial charge in [0.1, 0.15) is 6.04 Å². The van der Waals surface area contributed by atoms with Gasteiger partial charge in [-0.25, -0.2) is 13.6 Å². The van der Waals surface area contributed by atoms with Crippen molar-refractivity contribution in [3.63, 3.8) is 0 Å². The van der Waals surface area contributed by atoms with Gasteiger partial charge in [-0.2, -0.15) is 13.2 Å². The first-order valence-corrected chi connectivity index (χ1v) is 4.03. The maximum atomic E-state index is 11.7. The van der Waals surface area contributed by atoms with E-state index in [1.165, 1.54) is 0 Å². The molecule has 0 unspecified atom stereocenters. The fourth-order valence-electron chi connectivity index (χ4n) is 0.790. The minimum absolute atomic E-state index is 0.769. The molecule has 1 atom stereocenters. The van der Waals surface area contributed by atoms with Crippen LogP contribution in [-0.4, -0.2) is 35.6 Å². The molecule has 2 N–H and O–H groups in total. The third-order valence-electron chi connectivity index (χ3n) is 1.53. The first-order valence-electron chi connectivity index (χ1n) is 4.03. The standard InChI is InChI=1S/C7H8F5NO3/c8-4(9)2-1-3(5(14)15)13-6(16)7(10,11)12/h3-4H,1-2H2,(H,13,16)(H,14,15)/t3-/m0/s1. The SMILES string of the molecule is O=C(O)[C@H](CCC(F)F)NC(=O)C(F)(F)F. The lowest BCUT2D eigenvalue weighted by Gasteiger charge is -2.15. The van der Waals surface area contributed by atoms with E-state index in [4.69, 9.17) is 5.11 Å².